The first kappa shape index (κ1) is 15.2. The molecule has 0 fully saturated rings. The normalized spacial score (nSPS) is 12.0. The summed E-state index contributed by atoms with van der Waals surface area (Å²) in [7, 11) is 3.13. The highest BCUT2D eigenvalue weighted by atomic mass is 16.5. The Morgan fingerprint density at radius 2 is 2.05 bits per heavy atom. The van der Waals surface area contributed by atoms with Gasteiger partial charge in [-0.05, 0) is 25.1 Å². The zero-order valence-corrected chi connectivity index (χ0v) is 12.8. The fourth-order valence-corrected chi connectivity index (χ4v) is 2.17. The van der Waals surface area contributed by atoms with Crippen LogP contribution in [0.25, 0.3) is 0 Å². The number of nitrogens with zero attached hydrogens (tertiary/aromatic N) is 3. The average molecular weight is 288 g/mol. The monoisotopic (exact) mass is 288 g/mol. The van der Waals surface area contributed by atoms with E-state index in [1.807, 2.05) is 26.0 Å². The van der Waals surface area contributed by atoms with Crippen LogP contribution in [0.2, 0.25) is 0 Å². The fraction of sp³-hybridized carbons (Fsp3) is 0.400. The lowest BCUT2D eigenvalue weighted by Crippen LogP contribution is -2.25. The fourth-order valence-electron chi connectivity index (χ4n) is 2.17. The molecule has 2 aromatic heterocycles. The van der Waals surface area contributed by atoms with Crippen LogP contribution in [0.1, 0.15) is 29.9 Å². The van der Waals surface area contributed by atoms with Gasteiger partial charge in [-0.2, -0.15) is 4.98 Å². The Morgan fingerprint density at radius 3 is 2.67 bits per heavy atom. The van der Waals surface area contributed by atoms with E-state index in [0.29, 0.717) is 11.8 Å². The molecule has 2 heterocycles. The van der Waals surface area contributed by atoms with Crippen LogP contribution < -0.4 is 14.8 Å². The number of hydrogen-bond acceptors (Lipinski definition) is 6. The van der Waals surface area contributed by atoms with Gasteiger partial charge in [0.1, 0.15) is 5.69 Å². The van der Waals surface area contributed by atoms with Crippen LogP contribution >= 0.6 is 0 Å². The van der Waals surface area contributed by atoms with Crippen LogP contribution in [0, 0.1) is 6.92 Å². The van der Waals surface area contributed by atoms with E-state index in [-0.39, 0.29) is 6.04 Å². The Morgan fingerprint density at radius 1 is 1.24 bits per heavy atom. The molecule has 2 rings (SSSR count). The Hall–Kier alpha value is -2.21. The molecule has 0 spiro atoms. The third-order valence-electron chi connectivity index (χ3n) is 3.19. The number of rotatable bonds is 6. The molecule has 1 atom stereocenters. The summed E-state index contributed by atoms with van der Waals surface area (Å²) in [5, 5.41) is 3.40. The van der Waals surface area contributed by atoms with Gasteiger partial charge in [-0.15, -0.1) is 0 Å². The van der Waals surface area contributed by atoms with Crippen molar-refractivity contribution >= 4 is 0 Å². The van der Waals surface area contributed by atoms with Crippen molar-refractivity contribution in [3.63, 3.8) is 0 Å². The Bertz CT molecular complexity index is 604. The first-order valence-corrected chi connectivity index (χ1v) is 6.81. The molecule has 0 amide bonds. The third-order valence-corrected chi connectivity index (χ3v) is 3.19. The van der Waals surface area contributed by atoms with E-state index in [2.05, 4.69) is 20.3 Å². The molecule has 1 N–H and O–H groups in total. The van der Waals surface area contributed by atoms with Gasteiger partial charge >= 0.3 is 0 Å². The number of nitrogens with one attached hydrogen (secondary N) is 1. The van der Waals surface area contributed by atoms with Gasteiger partial charge in [-0.25, -0.2) is 4.98 Å². The number of ether oxygens (including phenoxy) is 2. The zero-order valence-electron chi connectivity index (χ0n) is 12.8. The topological polar surface area (TPSA) is 69.2 Å². The molecule has 21 heavy (non-hydrogen) atoms. The Kier molecular flexibility index (Phi) is 5.05. The van der Waals surface area contributed by atoms with Crippen LogP contribution in [-0.2, 0) is 0 Å². The highest BCUT2D eigenvalue weighted by molar-refractivity contribution is 5.36. The van der Waals surface area contributed by atoms with E-state index >= 15 is 0 Å². The van der Waals surface area contributed by atoms with Crippen molar-refractivity contribution in [2.45, 2.75) is 19.9 Å². The molecule has 0 aliphatic rings. The number of methoxy groups -OCH3 is 2. The number of aryl methyl sites for hydroxylation is 1. The smallest absolute Gasteiger partial charge is 0.240 e. The molecular formula is C15H20N4O2. The molecule has 0 aliphatic heterocycles. The van der Waals surface area contributed by atoms with E-state index in [1.165, 1.54) is 0 Å². The van der Waals surface area contributed by atoms with Gasteiger partial charge < -0.3 is 14.8 Å². The van der Waals surface area contributed by atoms with Gasteiger partial charge in [-0.3, -0.25) is 4.98 Å². The van der Waals surface area contributed by atoms with Gasteiger partial charge in [0.25, 0.3) is 0 Å². The van der Waals surface area contributed by atoms with Crippen molar-refractivity contribution in [2.24, 2.45) is 0 Å². The first-order chi connectivity index (χ1) is 10.2. The second-order valence-corrected chi connectivity index (χ2v) is 4.48. The SMILES string of the molecule is CCNC(c1cccnc1C)c1ncc(OC)nc1OC. The minimum absolute atomic E-state index is 0.128. The second kappa shape index (κ2) is 6.99. The van der Waals surface area contributed by atoms with Gasteiger partial charge in [0.05, 0.1) is 26.5 Å². The maximum absolute atomic E-state index is 5.36. The minimum Gasteiger partial charge on any atom is -0.480 e. The van der Waals surface area contributed by atoms with Crippen molar-refractivity contribution in [1.82, 2.24) is 20.3 Å². The van der Waals surface area contributed by atoms with Crippen LogP contribution in [0.5, 0.6) is 11.8 Å². The zero-order chi connectivity index (χ0) is 15.2. The van der Waals surface area contributed by atoms with Gasteiger partial charge in [0, 0.05) is 11.9 Å². The van der Waals surface area contributed by atoms with E-state index in [0.717, 1.165) is 23.5 Å². The van der Waals surface area contributed by atoms with Crippen molar-refractivity contribution < 1.29 is 9.47 Å². The molecular weight excluding hydrogens is 268 g/mol. The molecule has 6 nitrogen and oxygen atoms in total. The Labute approximate surface area is 124 Å². The van der Waals surface area contributed by atoms with Crippen molar-refractivity contribution in [3.05, 3.63) is 41.5 Å². The highest BCUT2D eigenvalue weighted by Gasteiger charge is 2.22. The second-order valence-electron chi connectivity index (χ2n) is 4.48. The molecule has 0 radical (unpaired) electrons. The van der Waals surface area contributed by atoms with Gasteiger partial charge in [0.2, 0.25) is 11.8 Å². The quantitative estimate of drug-likeness (QED) is 0.875. The minimum atomic E-state index is -0.128. The lowest BCUT2D eigenvalue weighted by molar-refractivity contribution is 0.352. The summed E-state index contributed by atoms with van der Waals surface area (Å²) >= 11 is 0. The maximum atomic E-state index is 5.36. The summed E-state index contributed by atoms with van der Waals surface area (Å²) in [5.41, 5.74) is 2.72. The summed E-state index contributed by atoms with van der Waals surface area (Å²) in [4.78, 5) is 13.1. The highest BCUT2D eigenvalue weighted by Crippen LogP contribution is 2.29. The molecule has 112 valence electrons. The molecule has 6 heteroatoms. The van der Waals surface area contributed by atoms with Gasteiger partial charge in [-0.1, -0.05) is 13.0 Å². The van der Waals surface area contributed by atoms with Crippen molar-refractivity contribution in [2.75, 3.05) is 20.8 Å². The molecule has 1 unspecified atom stereocenters. The third kappa shape index (κ3) is 3.28. The molecule has 2 aromatic rings. The van der Waals surface area contributed by atoms with Crippen LogP contribution in [0.15, 0.2) is 24.5 Å². The van der Waals surface area contributed by atoms with E-state index in [1.54, 1.807) is 26.6 Å². The molecule has 0 aromatic carbocycles. The largest absolute Gasteiger partial charge is 0.480 e. The van der Waals surface area contributed by atoms with Crippen molar-refractivity contribution in [3.8, 4) is 11.8 Å². The predicted octanol–water partition coefficient (Wildman–Crippen LogP) is 1.90. The van der Waals surface area contributed by atoms with E-state index < -0.39 is 0 Å². The lowest BCUT2D eigenvalue weighted by atomic mass is 10.0. The first-order valence-electron chi connectivity index (χ1n) is 6.81. The number of aromatic nitrogens is 3. The summed E-state index contributed by atoms with van der Waals surface area (Å²) in [6, 6.07) is 3.81. The van der Waals surface area contributed by atoms with Crippen LogP contribution in [-0.4, -0.2) is 35.7 Å². The summed E-state index contributed by atoms with van der Waals surface area (Å²) in [6.45, 7) is 4.81. The summed E-state index contributed by atoms with van der Waals surface area (Å²) in [6.07, 6.45) is 3.37. The van der Waals surface area contributed by atoms with E-state index in [9.17, 15) is 0 Å². The lowest BCUT2D eigenvalue weighted by Gasteiger charge is -2.20. The molecule has 0 saturated heterocycles. The Balaban J connectivity index is 2.50. The van der Waals surface area contributed by atoms with E-state index in [4.69, 9.17) is 9.47 Å². The average Bonchev–Trinajstić information content (AvgIpc) is 2.53. The molecule has 0 saturated carbocycles. The number of hydrogen-bond donors (Lipinski definition) is 1. The number of pyridine rings is 1. The van der Waals surface area contributed by atoms with Crippen LogP contribution in [0.3, 0.4) is 0 Å². The van der Waals surface area contributed by atoms with Crippen molar-refractivity contribution in [1.29, 1.82) is 0 Å². The van der Waals surface area contributed by atoms with Crippen LogP contribution in [0.4, 0.5) is 0 Å². The van der Waals surface area contributed by atoms with Gasteiger partial charge in [0.15, 0.2) is 0 Å². The molecule has 0 bridgehead atoms. The molecule has 0 aliphatic carbocycles. The summed E-state index contributed by atoms with van der Waals surface area (Å²) in [5.74, 6) is 0.873. The summed E-state index contributed by atoms with van der Waals surface area (Å²) < 4.78 is 10.5. The maximum Gasteiger partial charge on any atom is 0.240 e. The standard InChI is InChI=1S/C15H20N4O2/c1-5-16-13(11-7-6-8-17-10(11)2)14-15(21-4)19-12(20-3)9-18-14/h6-9,13,16H,5H2,1-4H3. The predicted molar refractivity (Wildman–Crippen MR) is 79.6 cm³/mol.